The molecule has 2 N–H and O–H groups in total. The molecule has 0 aliphatic carbocycles. The van der Waals surface area contributed by atoms with E-state index in [1.165, 1.54) is 31.4 Å². The number of nitrogens with one attached hydrogen (secondary N) is 2. The zero-order valence-corrected chi connectivity index (χ0v) is 13.9. The SMILES string of the molecule is COc1ccc(F)cc1C(=O)NC1CNCCC1c1ccc(F)cc1. The minimum atomic E-state index is -0.497. The van der Waals surface area contributed by atoms with Crippen LogP contribution >= 0.6 is 0 Å². The molecule has 2 unspecified atom stereocenters. The van der Waals surface area contributed by atoms with Crippen LogP contribution in [0.2, 0.25) is 0 Å². The van der Waals surface area contributed by atoms with Gasteiger partial charge in [-0.25, -0.2) is 8.78 Å². The van der Waals surface area contributed by atoms with Crippen LogP contribution in [0.5, 0.6) is 5.75 Å². The molecular formula is C19H20F2N2O2. The molecule has 6 heteroatoms. The van der Waals surface area contributed by atoms with E-state index in [0.29, 0.717) is 12.3 Å². The minimum Gasteiger partial charge on any atom is -0.496 e. The second-order valence-electron chi connectivity index (χ2n) is 6.08. The lowest BCUT2D eigenvalue weighted by Crippen LogP contribution is -2.50. The molecule has 25 heavy (non-hydrogen) atoms. The van der Waals surface area contributed by atoms with Crippen LogP contribution in [0.25, 0.3) is 0 Å². The first-order chi connectivity index (χ1) is 12.1. The van der Waals surface area contributed by atoms with Gasteiger partial charge in [-0.1, -0.05) is 12.1 Å². The summed E-state index contributed by atoms with van der Waals surface area (Å²) in [5.74, 6) is -0.797. The molecule has 2 aromatic rings. The lowest BCUT2D eigenvalue weighted by molar-refractivity contribution is 0.0921. The van der Waals surface area contributed by atoms with Crippen LogP contribution < -0.4 is 15.4 Å². The quantitative estimate of drug-likeness (QED) is 0.895. The van der Waals surface area contributed by atoms with Crippen LogP contribution in [0, 0.1) is 11.6 Å². The van der Waals surface area contributed by atoms with Gasteiger partial charge in [-0.3, -0.25) is 4.79 Å². The van der Waals surface area contributed by atoms with Crippen LogP contribution in [0.15, 0.2) is 42.5 Å². The van der Waals surface area contributed by atoms with E-state index >= 15 is 0 Å². The summed E-state index contributed by atoms with van der Waals surface area (Å²) in [5, 5.41) is 6.21. The van der Waals surface area contributed by atoms with Crippen molar-refractivity contribution < 1.29 is 18.3 Å². The Morgan fingerprint density at radius 1 is 1.16 bits per heavy atom. The molecule has 0 bridgehead atoms. The smallest absolute Gasteiger partial charge is 0.255 e. The second kappa shape index (κ2) is 7.61. The van der Waals surface area contributed by atoms with Gasteiger partial charge >= 0.3 is 0 Å². The van der Waals surface area contributed by atoms with Crippen LogP contribution in [0.3, 0.4) is 0 Å². The number of halogens is 2. The van der Waals surface area contributed by atoms with E-state index in [2.05, 4.69) is 10.6 Å². The molecule has 1 saturated heterocycles. The van der Waals surface area contributed by atoms with Crippen LogP contribution in [0.1, 0.15) is 28.3 Å². The van der Waals surface area contributed by atoms with Gasteiger partial charge in [0.05, 0.1) is 12.7 Å². The maximum absolute atomic E-state index is 13.5. The molecule has 1 aliphatic heterocycles. The van der Waals surface area contributed by atoms with Gasteiger partial charge in [-0.05, 0) is 48.9 Å². The number of carbonyl (C=O) groups excluding carboxylic acids is 1. The molecule has 0 radical (unpaired) electrons. The Morgan fingerprint density at radius 3 is 2.60 bits per heavy atom. The summed E-state index contributed by atoms with van der Waals surface area (Å²) in [4.78, 5) is 12.6. The van der Waals surface area contributed by atoms with Gasteiger partial charge in [-0.15, -0.1) is 0 Å². The molecule has 2 aromatic carbocycles. The maximum atomic E-state index is 13.5. The van der Waals surface area contributed by atoms with Crippen molar-refractivity contribution >= 4 is 5.91 Å². The predicted molar refractivity (Wildman–Crippen MR) is 90.8 cm³/mol. The lowest BCUT2D eigenvalue weighted by atomic mass is 9.86. The van der Waals surface area contributed by atoms with E-state index in [1.54, 1.807) is 12.1 Å². The zero-order valence-electron chi connectivity index (χ0n) is 13.9. The third kappa shape index (κ3) is 3.96. The standard InChI is InChI=1S/C19H20F2N2O2/c1-25-18-7-6-14(21)10-16(18)19(24)23-17-11-22-9-8-15(17)12-2-4-13(20)5-3-12/h2-7,10,15,17,22H,8-9,11H2,1H3,(H,23,24). The van der Waals surface area contributed by atoms with Crippen molar-refractivity contribution in [1.29, 1.82) is 0 Å². The number of hydrogen-bond acceptors (Lipinski definition) is 3. The first-order valence-electron chi connectivity index (χ1n) is 8.19. The van der Waals surface area contributed by atoms with Crippen LogP contribution in [-0.2, 0) is 0 Å². The van der Waals surface area contributed by atoms with Gasteiger partial charge in [0.15, 0.2) is 0 Å². The monoisotopic (exact) mass is 346 g/mol. The Morgan fingerprint density at radius 2 is 1.88 bits per heavy atom. The van der Waals surface area contributed by atoms with Gasteiger partial charge in [0.2, 0.25) is 0 Å². The summed E-state index contributed by atoms with van der Waals surface area (Å²) < 4.78 is 31.8. The minimum absolute atomic E-state index is 0.0605. The summed E-state index contributed by atoms with van der Waals surface area (Å²) in [7, 11) is 1.44. The van der Waals surface area contributed by atoms with E-state index in [4.69, 9.17) is 4.74 Å². The van der Waals surface area contributed by atoms with Gasteiger partial charge < -0.3 is 15.4 Å². The summed E-state index contributed by atoms with van der Waals surface area (Å²) >= 11 is 0. The fourth-order valence-electron chi connectivity index (χ4n) is 3.22. The van der Waals surface area contributed by atoms with Gasteiger partial charge in [0.25, 0.3) is 5.91 Å². The van der Waals surface area contributed by atoms with E-state index in [-0.39, 0.29) is 23.3 Å². The summed E-state index contributed by atoms with van der Waals surface area (Å²) in [6, 6.07) is 10.00. The number of methoxy groups -OCH3 is 1. The number of amides is 1. The van der Waals surface area contributed by atoms with Gasteiger partial charge in [0, 0.05) is 18.5 Å². The number of benzene rings is 2. The van der Waals surface area contributed by atoms with Crippen molar-refractivity contribution in [2.24, 2.45) is 0 Å². The number of ether oxygens (including phenoxy) is 1. The molecule has 0 spiro atoms. The van der Waals surface area contributed by atoms with Crippen LogP contribution in [0.4, 0.5) is 8.78 Å². The summed E-state index contributed by atoms with van der Waals surface area (Å²) in [5.41, 5.74) is 1.13. The number of piperidine rings is 1. The number of carbonyl (C=O) groups is 1. The second-order valence-corrected chi connectivity index (χ2v) is 6.08. The van der Waals surface area contributed by atoms with E-state index < -0.39 is 11.7 Å². The highest BCUT2D eigenvalue weighted by molar-refractivity contribution is 5.97. The first-order valence-corrected chi connectivity index (χ1v) is 8.19. The highest BCUT2D eigenvalue weighted by Gasteiger charge is 2.28. The van der Waals surface area contributed by atoms with Crippen molar-refractivity contribution in [2.75, 3.05) is 20.2 Å². The Kier molecular flexibility index (Phi) is 5.28. The zero-order chi connectivity index (χ0) is 17.8. The number of hydrogen-bond donors (Lipinski definition) is 2. The molecular weight excluding hydrogens is 326 g/mol. The summed E-state index contributed by atoms with van der Waals surface area (Å²) in [6.07, 6.45) is 0.816. The van der Waals surface area contributed by atoms with Crippen LogP contribution in [-0.4, -0.2) is 32.1 Å². The Labute approximate surface area is 145 Å². The Bertz CT molecular complexity index is 750. The average Bonchev–Trinajstić information content (AvgIpc) is 2.63. The highest BCUT2D eigenvalue weighted by atomic mass is 19.1. The first kappa shape index (κ1) is 17.4. The molecule has 1 heterocycles. The van der Waals surface area contributed by atoms with E-state index in [9.17, 15) is 13.6 Å². The third-order valence-corrected chi connectivity index (χ3v) is 4.50. The fourth-order valence-corrected chi connectivity index (χ4v) is 3.22. The molecule has 1 aliphatic rings. The van der Waals surface area contributed by atoms with E-state index in [1.807, 2.05) is 0 Å². The largest absolute Gasteiger partial charge is 0.496 e. The fraction of sp³-hybridized carbons (Fsp3) is 0.316. The molecule has 1 fully saturated rings. The molecule has 2 atom stereocenters. The lowest BCUT2D eigenvalue weighted by Gasteiger charge is -2.33. The molecule has 1 amide bonds. The topological polar surface area (TPSA) is 50.4 Å². The van der Waals surface area contributed by atoms with Crippen molar-refractivity contribution in [3.63, 3.8) is 0 Å². The molecule has 4 nitrogen and oxygen atoms in total. The highest BCUT2D eigenvalue weighted by Crippen LogP contribution is 2.27. The average molecular weight is 346 g/mol. The Hall–Kier alpha value is -2.47. The summed E-state index contributed by atoms with van der Waals surface area (Å²) in [6.45, 7) is 1.41. The van der Waals surface area contributed by atoms with Crippen molar-refractivity contribution in [3.8, 4) is 5.75 Å². The molecule has 0 saturated carbocycles. The molecule has 3 rings (SSSR count). The van der Waals surface area contributed by atoms with Crippen molar-refractivity contribution in [2.45, 2.75) is 18.4 Å². The molecule has 0 aromatic heterocycles. The van der Waals surface area contributed by atoms with Gasteiger partial charge in [0.1, 0.15) is 17.4 Å². The number of rotatable bonds is 4. The third-order valence-electron chi connectivity index (χ3n) is 4.50. The van der Waals surface area contributed by atoms with Crippen molar-refractivity contribution in [1.82, 2.24) is 10.6 Å². The van der Waals surface area contributed by atoms with E-state index in [0.717, 1.165) is 24.6 Å². The molecule has 132 valence electrons. The van der Waals surface area contributed by atoms with Crippen molar-refractivity contribution in [3.05, 3.63) is 65.2 Å². The predicted octanol–water partition coefficient (Wildman–Crippen LogP) is 2.85. The Balaban J connectivity index is 1.81. The maximum Gasteiger partial charge on any atom is 0.255 e. The normalized spacial score (nSPS) is 20.1. The van der Waals surface area contributed by atoms with Gasteiger partial charge in [-0.2, -0.15) is 0 Å².